The van der Waals surface area contributed by atoms with Crippen molar-refractivity contribution in [2.75, 3.05) is 24.6 Å². The first-order valence-electron chi connectivity index (χ1n) is 6.94. The summed E-state index contributed by atoms with van der Waals surface area (Å²) in [4.78, 5) is 0. The maximum absolute atomic E-state index is 12.3. The zero-order valence-electron chi connectivity index (χ0n) is 11.7. The molecule has 0 bridgehead atoms. The van der Waals surface area contributed by atoms with Gasteiger partial charge in [0.15, 0.2) is 5.03 Å². The molecule has 1 fully saturated rings. The molecular weight excluding hydrogens is 296 g/mol. The highest BCUT2D eigenvalue weighted by atomic mass is 32.2. The van der Waals surface area contributed by atoms with Crippen LogP contribution in [0.15, 0.2) is 11.2 Å². The van der Waals surface area contributed by atoms with E-state index in [2.05, 4.69) is 20.2 Å². The molecular formula is C12H22N4O2S2. The minimum absolute atomic E-state index is 0.184. The molecule has 0 aliphatic carbocycles. The normalized spacial score (nSPS) is 17.4. The summed E-state index contributed by atoms with van der Waals surface area (Å²) < 4.78 is 27.3. The van der Waals surface area contributed by atoms with Gasteiger partial charge in [-0.1, -0.05) is 6.92 Å². The highest BCUT2D eigenvalue weighted by Gasteiger charge is 2.22. The van der Waals surface area contributed by atoms with Gasteiger partial charge in [-0.05, 0) is 36.8 Å². The standard InChI is InChI=1S/C12H22N4O2S2/c1-2-13-8-11-9-14-16-12(11)20(17,18)15-7-10-3-5-19-6-4-10/h9-10,13,15H,2-8H2,1H3,(H,14,16). The van der Waals surface area contributed by atoms with Crippen LogP contribution in [-0.2, 0) is 16.6 Å². The second-order valence-electron chi connectivity index (χ2n) is 4.91. The predicted octanol–water partition coefficient (Wildman–Crippen LogP) is 0.941. The molecule has 20 heavy (non-hydrogen) atoms. The number of aromatic nitrogens is 2. The SMILES string of the molecule is CCNCc1cn[nH]c1S(=O)(=O)NCC1CCSCC1. The number of nitrogens with zero attached hydrogens (tertiary/aromatic N) is 1. The number of sulfonamides is 1. The van der Waals surface area contributed by atoms with E-state index in [1.54, 1.807) is 6.20 Å². The third-order valence-corrected chi connectivity index (χ3v) is 5.90. The van der Waals surface area contributed by atoms with Crippen molar-refractivity contribution >= 4 is 21.8 Å². The molecule has 0 spiro atoms. The smallest absolute Gasteiger partial charge is 0.257 e. The minimum Gasteiger partial charge on any atom is -0.313 e. The molecule has 3 N–H and O–H groups in total. The average Bonchev–Trinajstić information content (AvgIpc) is 2.93. The van der Waals surface area contributed by atoms with Crippen LogP contribution in [0.4, 0.5) is 0 Å². The van der Waals surface area contributed by atoms with E-state index in [4.69, 9.17) is 0 Å². The van der Waals surface area contributed by atoms with Gasteiger partial charge in [-0.15, -0.1) is 0 Å². The Kier molecular flexibility index (Phi) is 5.88. The third kappa shape index (κ3) is 4.21. The van der Waals surface area contributed by atoms with Gasteiger partial charge in [0.1, 0.15) is 0 Å². The Balaban J connectivity index is 1.97. The molecule has 114 valence electrons. The molecule has 8 heteroatoms. The average molecular weight is 318 g/mol. The van der Waals surface area contributed by atoms with Crippen LogP contribution in [0, 0.1) is 5.92 Å². The molecule has 0 atom stereocenters. The Bertz CT molecular complexity index is 509. The third-order valence-electron chi connectivity index (χ3n) is 3.42. The van der Waals surface area contributed by atoms with Crippen molar-refractivity contribution in [2.45, 2.75) is 31.3 Å². The summed E-state index contributed by atoms with van der Waals surface area (Å²) in [5, 5.41) is 9.74. The topological polar surface area (TPSA) is 86.9 Å². The summed E-state index contributed by atoms with van der Waals surface area (Å²) in [5.74, 6) is 2.70. The molecule has 1 aromatic rings. The van der Waals surface area contributed by atoms with Crippen molar-refractivity contribution in [3.05, 3.63) is 11.8 Å². The van der Waals surface area contributed by atoms with Gasteiger partial charge >= 0.3 is 0 Å². The van der Waals surface area contributed by atoms with Crippen molar-refractivity contribution in [1.29, 1.82) is 0 Å². The summed E-state index contributed by atoms with van der Waals surface area (Å²) in [6, 6.07) is 0. The van der Waals surface area contributed by atoms with Crippen LogP contribution in [0.3, 0.4) is 0 Å². The lowest BCUT2D eigenvalue weighted by molar-refractivity contribution is 0.475. The molecule has 0 aromatic carbocycles. The zero-order valence-corrected chi connectivity index (χ0v) is 13.3. The van der Waals surface area contributed by atoms with Crippen LogP contribution in [-0.4, -0.2) is 43.2 Å². The highest BCUT2D eigenvalue weighted by molar-refractivity contribution is 7.99. The maximum atomic E-state index is 12.3. The van der Waals surface area contributed by atoms with Gasteiger partial charge in [-0.25, -0.2) is 13.1 Å². The molecule has 0 amide bonds. The second kappa shape index (κ2) is 7.44. The lowest BCUT2D eigenvalue weighted by Gasteiger charge is -2.21. The van der Waals surface area contributed by atoms with Crippen molar-refractivity contribution in [1.82, 2.24) is 20.2 Å². The van der Waals surface area contributed by atoms with Gasteiger partial charge in [0.2, 0.25) is 0 Å². The molecule has 1 aliphatic heterocycles. The molecule has 1 aromatic heterocycles. The van der Waals surface area contributed by atoms with E-state index < -0.39 is 10.0 Å². The van der Waals surface area contributed by atoms with Crippen LogP contribution in [0.2, 0.25) is 0 Å². The van der Waals surface area contributed by atoms with Gasteiger partial charge in [0.25, 0.3) is 10.0 Å². The van der Waals surface area contributed by atoms with Crippen molar-refractivity contribution in [3.63, 3.8) is 0 Å². The number of rotatable bonds is 7. The minimum atomic E-state index is -3.49. The largest absolute Gasteiger partial charge is 0.313 e. The van der Waals surface area contributed by atoms with Crippen molar-refractivity contribution in [3.8, 4) is 0 Å². The van der Waals surface area contributed by atoms with Gasteiger partial charge in [0, 0.05) is 18.7 Å². The van der Waals surface area contributed by atoms with Crippen LogP contribution >= 0.6 is 11.8 Å². The van der Waals surface area contributed by atoms with Gasteiger partial charge in [-0.3, -0.25) is 5.10 Å². The maximum Gasteiger partial charge on any atom is 0.257 e. The van der Waals surface area contributed by atoms with Gasteiger partial charge in [0.05, 0.1) is 6.20 Å². The van der Waals surface area contributed by atoms with E-state index in [1.165, 1.54) is 0 Å². The molecule has 1 aliphatic rings. The quantitative estimate of drug-likeness (QED) is 0.696. The Morgan fingerprint density at radius 1 is 1.45 bits per heavy atom. The first-order valence-corrected chi connectivity index (χ1v) is 9.57. The van der Waals surface area contributed by atoms with E-state index in [0.717, 1.165) is 30.9 Å². The molecule has 6 nitrogen and oxygen atoms in total. The Labute approximate surface area is 124 Å². The second-order valence-corrected chi connectivity index (χ2v) is 7.84. The fraction of sp³-hybridized carbons (Fsp3) is 0.750. The first-order chi connectivity index (χ1) is 9.63. The van der Waals surface area contributed by atoms with Crippen molar-refractivity contribution < 1.29 is 8.42 Å². The Morgan fingerprint density at radius 2 is 2.20 bits per heavy atom. The number of H-pyrrole nitrogens is 1. The van der Waals surface area contributed by atoms with Gasteiger partial charge in [-0.2, -0.15) is 16.9 Å². The van der Waals surface area contributed by atoms with E-state index >= 15 is 0 Å². The number of hydrogen-bond donors (Lipinski definition) is 3. The van der Waals surface area contributed by atoms with Crippen molar-refractivity contribution in [2.24, 2.45) is 5.92 Å². The summed E-state index contributed by atoms with van der Waals surface area (Å²) in [5.41, 5.74) is 0.679. The lowest BCUT2D eigenvalue weighted by Crippen LogP contribution is -2.32. The van der Waals surface area contributed by atoms with E-state index in [0.29, 0.717) is 24.6 Å². The summed E-state index contributed by atoms with van der Waals surface area (Å²) in [6.07, 6.45) is 3.73. The van der Waals surface area contributed by atoms with E-state index in [1.807, 2.05) is 18.7 Å². The van der Waals surface area contributed by atoms with Crippen LogP contribution in [0.1, 0.15) is 25.3 Å². The van der Waals surface area contributed by atoms with Crippen LogP contribution in [0.5, 0.6) is 0 Å². The molecule has 0 unspecified atom stereocenters. The summed E-state index contributed by atoms with van der Waals surface area (Å²) >= 11 is 1.94. The Hall–Kier alpha value is -0.570. The van der Waals surface area contributed by atoms with Gasteiger partial charge < -0.3 is 5.32 Å². The van der Waals surface area contributed by atoms with E-state index in [9.17, 15) is 8.42 Å². The van der Waals surface area contributed by atoms with Crippen LogP contribution < -0.4 is 10.0 Å². The number of aromatic amines is 1. The first kappa shape index (κ1) is 15.8. The zero-order chi connectivity index (χ0) is 14.4. The summed E-state index contributed by atoms with van der Waals surface area (Å²) in [7, 11) is -3.49. The number of nitrogens with one attached hydrogen (secondary N) is 3. The fourth-order valence-electron chi connectivity index (χ4n) is 2.17. The molecule has 1 saturated heterocycles. The molecule has 0 radical (unpaired) electrons. The summed E-state index contributed by atoms with van der Waals surface area (Å²) in [6.45, 7) is 3.79. The van der Waals surface area contributed by atoms with E-state index in [-0.39, 0.29) is 5.03 Å². The lowest BCUT2D eigenvalue weighted by atomic mass is 10.0. The monoisotopic (exact) mass is 318 g/mol. The molecule has 0 saturated carbocycles. The van der Waals surface area contributed by atoms with Crippen LogP contribution in [0.25, 0.3) is 0 Å². The molecule has 2 heterocycles. The molecule has 2 rings (SSSR count). The highest BCUT2D eigenvalue weighted by Crippen LogP contribution is 2.22. The Morgan fingerprint density at radius 3 is 2.90 bits per heavy atom. The number of thioether (sulfide) groups is 1. The number of hydrogen-bond acceptors (Lipinski definition) is 5. The fourth-order valence-corrected chi connectivity index (χ4v) is 4.61. The predicted molar refractivity (Wildman–Crippen MR) is 81.2 cm³/mol.